The third-order valence-electron chi connectivity index (χ3n) is 4.63. The first kappa shape index (κ1) is 16.2. The lowest BCUT2D eigenvalue weighted by molar-refractivity contribution is 0.508. The molecule has 0 bridgehead atoms. The van der Waals surface area contributed by atoms with Crippen molar-refractivity contribution >= 4 is 21.6 Å². The Morgan fingerprint density at radius 1 is 1.48 bits per heavy atom. The second kappa shape index (κ2) is 6.45. The fourth-order valence-electron chi connectivity index (χ4n) is 3.41. The van der Waals surface area contributed by atoms with Crippen molar-refractivity contribution in [1.82, 2.24) is 9.55 Å². The van der Waals surface area contributed by atoms with Crippen LogP contribution in [0.1, 0.15) is 62.2 Å². The van der Waals surface area contributed by atoms with Crippen LogP contribution in [-0.2, 0) is 19.4 Å². The molecule has 0 amide bonds. The van der Waals surface area contributed by atoms with Crippen LogP contribution in [0.2, 0.25) is 0 Å². The van der Waals surface area contributed by atoms with Crippen molar-refractivity contribution in [3.63, 3.8) is 0 Å². The van der Waals surface area contributed by atoms with Crippen molar-refractivity contribution in [2.45, 2.75) is 65.3 Å². The number of nitrogens with zero attached hydrogens (tertiary/aromatic N) is 3. The third kappa shape index (κ3) is 2.92. The monoisotopic (exact) mass is 329 g/mol. The molecule has 3 rings (SSSR count). The molecule has 2 heterocycles. The largest absolute Gasteiger partial charge is 0.296 e. The minimum Gasteiger partial charge on any atom is -0.296 e. The maximum Gasteiger partial charge on any atom is 0.262 e. The highest BCUT2D eigenvalue weighted by Gasteiger charge is 2.24. The molecule has 0 fully saturated rings. The zero-order valence-corrected chi connectivity index (χ0v) is 14.9. The molecule has 4 nitrogen and oxygen atoms in total. The Balaban J connectivity index is 2.17. The summed E-state index contributed by atoms with van der Waals surface area (Å²) in [6.07, 6.45) is 4.39. The van der Waals surface area contributed by atoms with Crippen molar-refractivity contribution in [3.05, 3.63) is 26.6 Å². The SMILES string of the molecule is CC1CCc2c(sc3nc(C(C)C)n(CCCC#N)c(=O)c23)C1. The lowest BCUT2D eigenvalue weighted by Gasteiger charge is -2.18. The molecule has 0 aliphatic heterocycles. The van der Waals surface area contributed by atoms with Crippen molar-refractivity contribution in [3.8, 4) is 6.07 Å². The van der Waals surface area contributed by atoms with E-state index in [1.54, 1.807) is 11.3 Å². The Morgan fingerprint density at radius 2 is 2.26 bits per heavy atom. The topological polar surface area (TPSA) is 58.7 Å². The summed E-state index contributed by atoms with van der Waals surface area (Å²) >= 11 is 1.71. The average Bonchev–Trinajstić information content (AvgIpc) is 2.86. The van der Waals surface area contributed by atoms with Gasteiger partial charge in [0, 0.05) is 23.8 Å². The van der Waals surface area contributed by atoms with Gasteiger partial charge in [-0.1, -0.05) is 20.8 Å². The van der Waals surface area contributed by atoms with Crippen LogP contribution in [-0.4, -0.2) is 9.55 Å². The predicted octanol–water partition coefficient (Wildman–Crippen LogP) is 4.01. The summed E-state index contributed by atoms with van der Waals surface area (Å²) in [6.45, 7) is 7.01. The van der Waals surface area contributed by atoms with E-state index in [0.717, 1.165) is 35.3 Å². The molecule has 2 aromatic rings. The molecule has 1 atom stereocenters. The number of hydrogen-bond acceptors (Lipinski definition) is 4. The number of aryl methyl sites for hydroxylation is 1. The van der Waals surface area contributed by atoms with Gasteiger partial charge < -0.3 is 0 Å². The molecule has 0 N–H and O–H groups in total. The summed E-state index contributed by atoms with van der Waals surface area (Å²) in [5, 5.41) is 9.61. The molecular formula is C18H23N3OS. The number of hydrogen-bond donors (Lipinski definition) is 0. The number of aromatic nitrogens is 2. The van der Waals surface area contributed by atoms with Gasteiger partial charge in [0.2, 0.25) is 0 Å². The average molecular weight is 329 g/mol. The quantitative estimate of drug-likeness (QED) is 0.796. The van der Waals surface area contributed by atoms with Gasteiger partial charge in [-0.2, -0.15) is 5.26 Å². The maximum absolute atomic E-state index is 13.1. The van der Waals surface area contributed by atoms with Gasteiger partial charge in [-0.05, 0) is 37.2 Å². The fraction of sp³-hybridized carbons (Fsp3) is 0.611. The van der Waals surface area contributed by atoms with Crippen LogP contribution in [0.3, 0.4) is 0 Å². The van der Waals surface area contributed by atoms with Gasteiger partial charge >= 0.3 is 0 Å². The Bertz CT molecular complexity index is 825. The first-order valence-electron chi connectivity index (χ1n) is 8.44. The van der Waals surface area contributed by atoms with Crippen LogP contribution in [0.5, 0.6) is 0 Å². The molecule has 5 heteroatoms. The number of nitriles is 1. The van der Waals surface area contributed by atoms with Crippen LogP contribution < -0.4 is 5.56 Å². The van der Waals surface area contributed by atoms with E-state index < -0.39 is 0 Å². The summed E-state index contributed by atoms with van der Waals surface area (Å²) in [7, 11) is 0. The van der Waals surface area contributed by atoms with Gasteiger partial charge in [-0.25, -0.2) is 4.98 Å². The van der Waals surface area contributed by atoms with E-state index in [1.165, 1.54) is 10.4 Å². The normalized spacial score (nSPS) is 17.4. The highest BCUT2D eigenvalue weighted by molar-refractivity contribution is 7.18. The Hall–Kier alpha value is -1.67. The number of thiophene rings is 1. The summed E-state index contributed by atoms with van der Waals surface area (Å²) < 4.78 is 1.81. The second-order valence-electron chi connectivity index (χ2n) is 6.88. The summed E-state index contributed by atoms with van der Waals surface area (Å²) in [5.74, 6) is 1.75. The molecule has 0 saturated heterocycles. The molecule has 1 unspecified atom stereocenters. The van der Waals surface area contributed by atoms with Crippen molar-refractivity contribution < 1.29 is 0 Å². The minimum absolute atomic E-state index is 0.101. The van der Waals surface area contributed by atoms with E-state index in [0.29, 0.717) is 25.3 Å². The zero-order valence-electron chi connectivity index (χ0n) is 14.1. The number of unbranched alkanes of at least 4 members (excludes halogenated alkanes) is 1. The standard InChI is InChI=1S/C18H23N3OS/c1-11(2)16-20-17-15(18(22)21(16)9-5-4-8-19)13-7-6-12(3)10-14(13)23-17/h11-12H,4-7,9-10H2,1-3H3. The van der Waals surface area contributed by atoms with Gasteiger partial charge in [0.05, 0.1) is 11.5 Å². The van der Waals surface area contributed by atoms with E-state index in [2.05, 4.69) is 26.8 Å². The number of rotatable bonds is 4. The molecule has 1 aliphatic carbocycles. The number of fused-ring (bicyclic) bond motifs is 3. The highest BCUT2D eigenvalue weighted by atomic mass is 32.1. The van der Waals surface area contributed by atoms with Crippen molar-refractivity contribution in [1.29, 1.82) is 5.26 Å². The first-order chi connectivity index (χ1) is 11.0. The van der Waals surface area contributed by atoms with Gasteiger partial charge in [0.15, 0.2) is 0 Å². The lowest BCUT2D eigenvalue weighted by atomic mass is 9.89. The van der Waals surface area contributed by atoms with Gasteiger partial charge in [-0.3, -0.25) is 9.36 Å². The molecule has 0 saturated carbocycles. The summed E-state index contributed by atoms with van der Waals surface area (Å²) in [6, 6.07) is 2.16. The highest BCUT2D eigenvalue weighted by Crippen LogP contribution is 2.36. The van der Waals surface area contributed by atoms with Crippen molar-refractivity contribution in [2.24, 2.45) is 5.92 Å². The van der Waals surface area contributed by atoms with Crippen LogP contribution in [0, 0.1) is 17.2 Å². The molecule has 122 valence electrons. The molecular weight excluding hydrogens is 306 g/mol. The van der Waals surface area contributed by atoms with Gasteiger partial charge in [-0.15, -0.1) is 11.3 Å². The van der Waals surface area contributed by atoms with Crippen LogP contribution in [0.15, 0.2) is 4.79 Å². The molecule has 0 aromatic carbocycles. The minimum atomic E-state index is 0.101. The smallest absolute Gasteiger partial charge is 0.262 e. The van der Waals surface area contributed by atoms with E-state index in [-0.39, 0.29) is 11.5 Å². The zero-order chi connectivity index (χ0) is 16.6. The lowest BCUT2D eigenvalue weighted by Crippen LogP contribution is -2.26. The van der Waals surface area contributed by atoms with Crippen LogP contribution in [0.4, 0.5) is 0 Å². The van der Waals surface area contributed by atoms with Crippen molar-refractivity contribution in [2.75, 3.05) is 0 Å². The first-order valence-corrected chi connectivity index (χ1v) is 9.26. The van der Waals surface area contributed by atoms with E-state index in [4.69, 9.17) is 10.2 Å². The molecule has 1 aliphatic rings. The predicted molar refractivity (Wildman–Crippen MR) is 94.0 cm³/mol. The summed E-state index contributed by atoms with van der Waals surface area (Å²) in [5.41, 5.74) is 1.34. The van der Waals surface area contributed by atoms with Gasteiger partial charge in [0.1, 0.15) is 10.7 Å². The van der Waals surface area contributed by atoms with E-state index in [9.17, 15) is 4.79 Å². The maximum atomic E-state index is 13.1. The Labute approximate surface area is 140 Å². The van der Waals surface area contributed by atoms with Crippen LogP contribution >= 0.6 is 11.3 Å². The van der Waals surface area contributed by atoms with Gasteiger partial charge in [0.25, 0.3) is 5.56 Å². The van der Waals surface area contributed by atoms with E-state index in [1.807, 2.05) is 4.57 Å². The molecule has 2 aromatic heterocycles. The molecule has 0 radical (unpaired) electrons. The third-order valence-corrected chi connectivity index (χ3v) is 5.78. The Morgan fingerprint density at radius 3 is 2.96 bits per heavy atom. The molecule has 23 heavy (non-hydrogen) atoms. The molecule has 0 spiro atoms. The van der Waals surface area contributed by atoms with Crippen LogP contribution in [0.25, 0.3) is 10.2 Å². The summed E-state index contributed by atoms with van der Waals surface area (Å²) in [4.78, 5) is 20.2. The second-order valence-corrected chi connectivity index (χ2v) is 7.96. The fourth-order valence-corrected chi connectivity index (χ4v) is 4.79. The Kier molecular flexibility index (Phi) is 4.54. The van der Waals surface area contributed by atoms with E-state index >= 15 is 0 Å².